The summed E-state index contributed by atoms with van der Waals surface area (Å²) in [5.74, 6) is 3.31. The minimum absolute atomic E-state index is 0.0650. The Morgan fingerprint density at radius 2 is 2.00 bits per heavy atom. The monoisotopic (exact) mass is 371 g/mol. The molecule has 4 saturated heterocycles. The molecule has 0 N–H and O–H groups in total. The highest BCUT2D eigenvalue weighted by Crippen LogP contribution is 2.55. The standard InChI is InChI=1S/C21H33N5O/c1-15-11-19(23-20(22-15)25-9-5-4-6-10-25)26-13-17-16(12-24(2)3)18-7-8-21(17,14-26)27-18/h11,16-18H,4-10,12-14H2,1-3H3/t16-,17+,18+,21+/m0/s1. The fourth-order valence-electron chi connectivity index (χ4n) is 5.96. The predicted molar refractivity (Wildman–Crippen MR) is 107 cm³/mol. The van der Waals surface area contributed by atoms with Crippen LogP contribution < -0.4 is 9.80 Å². The molecule has 2 bridgehead atoms. The van der Waals surface area contributed by atoms with Gasteiger partial charge in [-0.2, -0.15) is 4.98 Å². The second-order valence-electron chi connectivity index (χ2n) is 9.39. The van der Waals surface area contributed by atoms with E-state index >= 15 is 0 Å². The zero-order valence-corrected chi connectivity index (χ0v) is 17.0. The Morgan fingerprint density at radius 3 is 2.78 bits per heavy atom. The van der Waals surface area contributed by atoms with Crippen LogP contribution in [0.3, 0.4) is 0 Å². The lowest BCUT2D eigenvalue weighted by Gasteiger charge is -2.30. The van der Waals surface area contributed by atoms with E-state index in [2.05, 4.69) is 41.8 Å². The van der Waals surface area contributed by atoms with Gasteiger partial charge in [-0.05, 0) is 53.1 Å². The highest BCUT2D eigenvalue weighted by molar-refractivity contribution is 5.48. The number of nitrogens with zero attached hydrogens (tertiary/aromatic N) is 5. The number of aryl methyl sites for hydroxylation is 1. The van der Waals surface area contributed by atoms with E-state index in [1.165, 1.54) is 32.1 Å². The molecule has 6 nitrogen and oxygen atoms in total. The van der Waals surface area contributed by atoms with Crippen LogP contribution in [-0.2, 0) is 4.74 Å². The van der Waals surface area contributed by atoms with E-state index in [4.69, 9.17) is 14.7 Å². The molecule has 6 heteroatoms. The molecule has 4 fully saturated rings. The van der Waals surface area contributed by atoms with Gasteiger partial charge in [0.2, 0.25) is 5.95 Å². The van der Waals surface area contributed by atoms with E-state index in [-0.39, 0.29) is 5.60 Å². The van der Waals surface area contributed by atoms with Gasteiger partial charge in [-0.15, -0.1) is 0 Å². The number of fused-ring (bicyclic) bond motifs is 1. The molecule has 0 radical (unpaired) electrons. The predicted octanol–water partition coefficient (Wildman–Crippen LogP) is 2.32. The second-order valence-corrected chi connectivity index (χ2v) is 9.39. The van der Waals surface area contributed by atoms with Crippen molar-refractivity contribution in [1.29, 1.82) is 0 Å². The molecule has 0 saturated carbocycles. The zero-order valence-electron chi connectivity index (χ0n) is 17.0. The summed E-state index contributed by atoms with van der Waals surface area (Å²) in [5, 5.41) is 0. The summed E-state index contributed by atoms with van der Waals surface area (Å²) in [6.07, 6.45) is 6.75. The lowest BCUT2D eigenvalue weighted by atomic mass is 9.73. The third kappa shape index (κ3) is 3.01. The van der Waals surface area contributed by atoms with Crippen LogP contribution in [0.4, 0.5) is 11.8 Å². The van der Waals surface area contributed by atoms with Crippen molar-refractivity contribution in [3.63, 3.8) is 0 Å². The number of anilines is 2. The van der Waals surface area contributed by atoms with Crippen LogP contribution in [0.25, 0.3) is 0 Å². The topological polar surface area (TPSA) is 44.7 Å². The summed E-state index contributed by atoms with van der Waals surface area (Å²) >= 11 is 0. The maximum absolute atomic E-state index is 6.60. The molecule has 0 amide bonds. The quantitative estimate of drug-likeness (QED) is 0.809. The van der Waals surface area contributed by atoms with E-state index in [1.54, 1.807) is 0 Å². The molecule has 0 aliphatic carbocycles. The molecule has 0 aromatic carbocycles. The molecule has 5 heterocycles. The van der Waals surface area contributed by atoms with Gasteiger partial charge >= 0.3 is 0 Å². The zero-order chi connectivity index (χ0) is 18.6. The molecule has 1 aromatic rings. The number of ether oxygens (including phenoxy) is 1. The van der Waals surface area contributed by atoms with Gasteiger partial charge in [-0.3, -0.25) is 0 Å². The van der Waals surface area contributed by atoms with Gasteiger partial charge in [-0.25, -0.2) is 4.98 Å². The van der Waals surface area contributed by atoms with Gasteiger partial charge in [-0.1, -0.05) is 0 Å². The Hall–Kier alpha value is -1.40. The minimum Gasteiger partial charge on any atom is -0.369 e. The van der Waals surface area contributed by atoms with Crippen LogP contribution in [0.1, 0.15) is 37.8 Å². The Kier molecular flexibility index (Phi) is 4.32. The summed E-state index contributed by atoms with van der Waals surface area (Å²) in [6.45, 7) is 7.48. The summed E-state index contributed by atoms with van der Waals surface area (Å²) in [6, 6.07) is 2.17. The smallest absolute Gasteiger partial charge is 0.227 e. The van der Waals surface area contributed by atoms with Crippen molar-refractivity contribution in [3.8, 4) is 0 Å². The average molecular weight is 372 g/mol. The van der Waals surface area contributed by atoms with Crippen molar-refractivity contribution >= 4 is 11.8 Å². The van der Waals surface area contributed by atoms with Crippen molar-refractivity contribution in [3.05, 3.63) is 11.8 Å². The molecular formula is C21H33N5O. The highest BCUT2D eigenvalue weighted by atomic mass is 16.5. The molecule has 4 aliphatic heterocycles. The van der Waals surface area contributed by atoms with Crippen LogP contribution in [0.2, 0.25) is 0 Å². The lowest BCUT2D eigenvalue weighted by Crippen LogP contribution is -2.40. The summed E-state index contributed by atoms with van der Waals surface area (Å²) < 4.78 is 6.60. The average Bonchev–Trinajstić information content (AvgIpc) is 3.31. The van der Waals surface area contributed by atoms with E-state index in [0.29, 0.717) is 17.9 Å². The molecule has 4 atom stereocenters. The molecule has 0 unspecified atom stereocenters. The summed E-state index contributed by atoms with van der Waals surface area (Å²) in [7, 11) is 4.37. The van der Waals surface area contributed by atoms with Gasteiger partial charge in [0.1, 0.15) is 5.82 Å². The molecule has 4 aliphatic rings. The highest BCUT2D eigenvalue weighted by Gasteiger charge is 2.63. The fraction of sp³-hybridized carbons (Fsp3) is 0.810. The van der Waals surface area contributed by atoms with Crippen LogP contribution in [0, 0.1) is 18.8 Å². The molecule has 1 spiro atoms. The molecule has 27 heavy (non-hydrogen) atoms. The normalized spacial score (nSPS) is 35.3. The van der Waals surface area contributed by atoms with Gasteiger partial charge in [0.05, 0.1) is 11.7 Å². The first-order valence-electron chi connectivity index (χ1n) is 10.7. The van der Waals surface area contributed by atoms with Crippen molar-refractivity contribution in [1.82, 2.24) is 14.9 Å². The van der Waals surface area contributed by atoms with Crippen molar-refractivity contribution in [2.75, 3.05) is 56.6 Å². The fourth-order valence-corrected chi connectivity index (χ4v) is 5.96. The van der Waals surface area contributed by atoms with Gasteiger partial charge in [0.25, 0.3) is 0 Å². The van der Waals surface area contributed by atoms with Gasteiger partial charge in [0.15, 0.2) is 0 Å². The van der Waals surface area contributed by atoms with E-state index in [9.17, 15) is 0 Å². The maximum Gasteiger partial charge on any atom is 0.227 e. The molecule has 5 rings (SSSR count). The van der Waals surface area contributed by atoms with Crippen LogP contribution in [0.15, 0.2) is 6.07 Å². The maximum atomic E-state index is 6.60. The third-order valence-electron chi connectivity index (χ3n) is 7.15. The van der Waals surface area contributed by atoms with Crippen LogP contribution in [0.5, 0.6) is 0 Å². The molecular weight excluding hydrogens is 338 g/mol. The van der Waals surface area contributed by atoms with Crippen LogP contribution >= 0.6 is 0 Å². The van der Waals surface area contributed by atoms with Crippen molar-refractivity contribution in [2.24, 2.45) is 11.8 Å². The largest absolute Gasteiger partial charge is 0.369 e. The molecule has 1 aromatic heterocycles. The number of hydrogen-bond acceptors (Lipinski definition) is 6. The van der Waals surface area contributed by atoms with Crippen LogP contribution in [-0.4, -0.2) is 73.4 Å². The van der Waals surface area contributed by atoms with E-state index < -0.39 is 0 Å². The van der Waals surface area contributed by atoms with Crippen molar-refractivity contribution in [2.45, 2.75) is 50.7 Å². The summed E-state index contributed by atoms with van der Waals surface area (Å²) in [5.41, 5.74) is 1.14. The second kappa shape index (κ2) is 6.59. The molecule has 148 valence electrons. The lowest BCUT2D eigenvalue weighted by molar-refractivity contribution is 0.0136. The Labute approximate surface area is 162 Å². The first kappa shape index (κ1) is 17.7. The number of piperidine rings is 1. The van der Waals surface area contributed by atoms with Gasteiger partial charge < -0.3 is 19.4 Å². The Morgan fingerprint density at radius 1 is 1.19 bits per heavy atom. The number of aromatic nitrogens is 2. The Balaban J connectivity index is 1.39. The minimum atomic E-state index is 0.0650. The number of rotatable bonds is 4. The first-order chi connectivity index (χ1) is 13.0. The first-order valence-corrected chi connectivity index (χ1v) is 10.7. The number of hydrogen-bond donors (Lipinski definition) is 0. The third-order valence-corrected chi connectivity index (χ3v) is 7.15. The summed E-state index contributed by atoms with van der Waals surface area (Å²) in [4.78, 5) is 16.9. The Bertz CT molecular complexity index is 704. The van der Waals surface area contributed by atoms with E-state index in [0.717, 1.165) is 50.2 Å². The van der Waals surface area contributed by atoms with E-state index in [1.807, 2.05) is 0 Å². The van der Waals surface area contributed by atoms with Crippen molar-refractivity contribution < 1.29 is 4.74 Å². The van der Waals surface area contributed by atoms with Gasteiger partial charge in [0, 0.05) is 56.3 Å². The SMILES string of the molecule is Cc1cc(N2C[C@@H]3[C@H](CN(C)C)[C@H]4CC[C@]3(C2)O4)nc(N2CCCCC2)n1.